The Bertz CT molecular complexity index is 478. The molecule has 0 aromatic carbocycles. The molecule has 2 rings (SSSR count). The summed E-state index contributed by atoms with van der Waals surface area (Å²) in [6.45, 7) is 5.17. The fourth-order valence-corrected chi connectivity index (χ4v) is 3.87. The molecule has 0 radical (unpaired) electrons. The number of likely N-dealkylation sites (N-methyl/N-ethyl adjacent to an activating group) is 1. The van der Waals surface area contributed by atoms with Crippen LogP contribution in [-0.2, 0) is 6.42 Å². The summed E-state index contributed by atoms with van der Waals surface area (Å²) in [6, 6.07) is 4.66. The van der Waals surface area contributed by atoms with Crippen LogP contribution in [0.2, 0.25) is 0 Å². The summed E-state index contributed by atoms with van der Waals surface area (Å²) >= 11 is 7.03. The average Bonchev–Trinajstić information content (AvgIpc) is 2.87. The van der Waals surface area contributed by atoms with Gasteiger partial charge in [0.05, 0.1) is 14.5 Å². The quantitative estimate of drug-likeness (QED) is 0.889. The van der Waals surface area contributed by atoms with Gasteiger partial charge in [-0.25, -0.2) is 4.98 Å². The zero-order valence-electron chi connectivity index (χ0n) is 9.87. The van der Waals surface area contributed by atoms with Gasteiger partial charge in [0.15, 0.2) is 0 Å². The number of halogens is 1. The largest absolute Gasteiger partial charge is 0.309 e. The van der Waals surface area contributed by atoms with Crippen molar-refractivity contribution in [2.75, 3.05) is 6.54 Å². The van der Waals surface area contributed by atoms with Crippen LogP contribution in [0.4, 0.5) is 0 Å². The molecule has 92 valence electrons. The second-order valence-corrected chi connectivity index (χ2v) is 7.37. The molecule has 2 aromatic rings. The molecule has 0 bridgehead atoms. The maximum Gasteiger partial charge on any atom is 0.0897 e. The molecule has 5 heteroatoms. The number of aromatic nitrogens is 1. The van der Waals surface area contributed by atoms with Crippen LogP contribution in [0.3, 0.4) is 0 Å². The number of thiazole rings is 1. The normalized spacial score (nSPS) is 12.9. The lowest BCUT2D eigenvalue weighted by molar-refractivity contribution is 0.553. The minimum atomic E-state index is 0.373. The van der Waals surface area contributed by atoms with Gasteiger partial charge in [-0.2, -0.15) is 0 Å². The van der Waals surface area contributed by atoms with E-state index >= 15 is 0 Å². The second-order valence-electron chi connectivity index (χ2n) is 3.81. The van der Waals surface area contributed by atoms with Gasteiger partial charge < -0.3 is 5.32 Å². The van der Waals surface area contributed by atoms with E-state index in [4.69, 9.17) is 0 Å². The van der Waals surface area contributed by atoms with E-state index in [1.165, 1.54) is 14.4 Å². The van der Waals surface area contributed by atoms with Crippen LogP contribution in [0, 0.1) is 6.92 Å². The Morgan fingerprint density at radius 2 is 2.29 bits per heavy atom. The summed E-state index contributed by atoms with van der Waals surface area (Å²) in [7, 11) is 0. The molecule has 0 fully saturated rings. The van der Waals surface area contributed by atoms with Crippen LogP contribution < -0.4 is 5.32 Å². The number of hydrogen-bond acceptors (Lipinski definition) is 4. The topological polar surface area (TPSA) is 24.9 Å². The maximum absolute atomic E-state index is 4.54. The van der Waals surface area contributed by atoms with Crippen molar-refractivity contribution in [2.45, 2.75) is 26.3 Å². The Labute approximate surface area is 118 Å². The van der Waals surface area contributed by atoms with Gasteiger partial charge in [-0.15, -0.1) is 22.7 Å². The molecular formula is C12H15BrN2S2. The van der Waals surface area contributed by atoms with Gasteiger partial charge in [0, 0.05) is 22.7 Å². The molecule has 0 spiro atoms. The summed E-state index contributed by atoms with van der Waals surface area (Å²) < 4.78 is 1.19. The molecule has 1 atom stereocenters. The molecule has 1 N–H and O–H groups in total. The molecule has 0 saturated heterocycles. The molecule has 17 heavy (non-hydrogen) atoms. The van der Waals surface area contributed by atoms with E-state index in [0.717, 1.165) is 18.0 Å². The van der Waals surface area contributed by atoms with Gasteiger partial charge in [0.1, 0.15) is 0 Å². The first-order valence-corrected chi connectivity index (χ1v) is 8.07. The average molecular weight is 331 g/mol. The van der Waals surface area contributed by atoms with E-state index in [9.17, 15) is 0 Å². The Kier molecular flexibility index (Phi) is 4.73. The lowest BCUT2D eigenvalue weighted by Gasteiger charge is -2.14. The molecule has 2 heterocycles. The first-order valence-electron chi connectivity index (χ1n) is 5.58. The standard InChI is InChI=1S/C12H15BrN2S2/c1-3-14-10(11-4-5-12(13)17-11)6-9-7-16-8(2)15-9/h4-5,7,10,14H,3,6H2,1-2H3. The van der Waals surface area contributed by atoms with E-state index in [-0.39, 0.29) is 0 Å². The lowest BCUT2D eigenvalue weighted by atomic mass is 10.1. The SMILES string of the molecule is CCNC(Cc1csc(C)n1)c1ccc(Br)s1. The summed E-state index contributed by atoms with van der Waals surface area (Å²) in [5, 5.41) is 6.82. The highest BCUT2D eigenvalue weighted by atomic mass is 79.9. The van der Waals surface area contributed by atoms with Crippen LogP contribution >= 0.6 is 38.6 Å². The maximum atomic E-state index is 4.54. The first kappa shape index (κ1) is 13.2. The number of nitrogens with zero attached hydrogens (tertiary/aromatic N) is 1. The van der Waals surface area contributed by atoms with E-state index in [0.29, 0.717) is 6.04 Å². The van der Waals surface area contributed by atoms with Gasteiger partial charge in [0.2, 0.25) is 0 Å². The van der Waals surface area contributed by atoms with E-state index in [2.05, 4.69) is 57.6 Å². The third kappa shape index (κ3) is 3.61. The minimum Gasteiger partial charge on any atom is -0.309 e. The molecule has 0 saturated carbocycles. The summed E-state index contributed by atoms with van der Waals surface area (Å²) in [4.78, 5) is 5.90. The van der Waals surface area contributed by atoms with E-state index in [1.807, 2.05) is 0 Å². The van der Waals surface area contributed by atoms with Gasteiger partial charge in [-0.1, -0.05) is 6.92 Å². The van der Waals surface area contributed by atoms with Crippen molar-refractivity contribution in [3.63, 3.8) is 0 Å². The predicted molar refractivity (Wildman–Crippen MR) is 79.0 cm³/mol. The molecule has 0 aliphatic rings. The number of rotatable bonds is 5. The molecule has 0 aliphatic heterocycles. The highest BCUT2D eigenvalue weighted by molar-refractivity contribution is 9.11. The van der Waals surface area contributed by atoms with Crippen LogP contribution in [-0.4, -0.2) is 11.5 Å². The van der Waals surface area contributed by atoms with Gasteiger partial charge in [-0.3, -0.25) is 0 Å². The summed E-state index contributed by atoms with van der Waals surface area (Å²) in [5.41, 5.74) is 1.18. The zero-order chi connectivity index (χ0) is 12.3. The Balaban J connectivity index is 2.12. The number of nitrogens with one attached hydrogen (secondary N) is 1. The van der Waals surface area contributed by atoms with Crippen molar-refractivity contribution in [1.29, 1.82) is 0 Å². The minimum absolute atomic E-state index is 0.373. The summed E-state index contributed by atoms with van der Waals surface area (Å²) in [5.74, 6) is 0. The molecule has 2 aromatic heterocycles. The van der Waals surface area contributed by atoms with Gasteiger partial charge >= 0.3 is 0 Å². The third-order valence-corrected chi connectivity index (χ3v) is 5.03. The second kappa shape index (κ2) is 6.09. The lowest BCUT2D eigenvalue weighted by Crippen LogP contribution is -2.22. The third-order valence-electron chi connectivity index (χ3n) is 2.47. The molecule has 0 amide bonds. The Morgan fingerprint density at radius 1 is 1.47 bits per heavy atom. The predicted octanol–water partition coefficient (Wildman–Crippen LogP) is 4.17. The highest BCUT2D eigenvalue weighted by Crippen LogP contribution is 2.29. The number of aryl methyl sites for hydroxylation is 1. The van der Waals surface area contributed by atoms with Crippen LogP contribution in [0.1, 0.15) is 28.5 Å². The smallest absolute Gasteiger partial charge is 0.0897 e. The van der Waals surface area contributed by atoms with Crippen LogP contribution in [0.15, 0.2) is 21.3 Å². The van der Waals surface area contributed by atoms with Crippen molar-refractivity contribution in [1.82, 2.24) is 10.3 Å². The first-order chi connectivity index (χ1) is 8.19. The monoisotopic (exact) mass is 330 g/mol. The van der Waals surface area contributed by atoms with E-state index < -0.39 is 0 Å². The highest BCUT2D eigenvalue weighted by Gasteiger charge is 2.14. The molecule has 0 aliphatic carbocycles. The van der Waals surface area contributed by atoms with Gasteiger partial charge in [0.25, 0.3) is 0 Å². The van der Waals surface area contributed by atoms with Crippen molar-refractivity contribution in [3.8, 4) is 0 Å². The fraction of sp³-hybridized carbons (Fsp3) is 0.417. The Morgan fingerprint density at radius 3 is 2.82 bits per heavy atom. The van der Waals surface area contributed by atoms with E-state index in [1.54, 1.807) is 22.7 Å². The van der Waals surface area contributed by atoms with Gasteiger partial charge in [-0.05, 0) is 41.5 Å². The van der Waals surface area contributed by atoms with Crippen molar-refractivity contribution in [3.05, 3.63) is 36.9 Å². The van der Waals surface area contributed by atoms with Crippen molar-refractivity contribution < 1.29 is 0 Å². The summed E-state index contributed by atoms with van der Waals surface area (Å²) in [6.07, 6.45) is 0.963. The zero-order valence-corrected chi connectivity index (χ0v) is 13.1. The van der Waals surface area contributed by atoms with Crippen LogP contribution in [0.5, 0.6) is 0 Å². The fourth-order valence-electron chi connectivity index (χ4n) is 1.75. The molecule has 2 nitrogen and oxygen atoms in total. The van der Waals surface area contributed by atoms with Crippen LogP contribution in [0.25, 0.3) is 0 Å². The molecular weight excluding hydrogens is 316 g/mol. The number of hydrogen-bond donors (Lipinski definition) is 1. The molecule has 1 unspecified atom stereocenters. The number of thiophene rings is 1. The van der Waals surface area contributed by atoms with Crippen molar-refractivity contribution >= 4 is 38.6 Å². The Hall–Kier alpha value is -0.230. The van der Waals surface area contributed by atoms with Crippen molar-refractivity contribution in [2.24, 2.45) is 0 Å².